The van der Waals surface area contributed by atoms with E-state index >= 15 is 0 Å². The highest BCUT2D eigenvalue weighted by atomic mass is 79.9. The Morgan fingerprint density at radius 3 is 1.28 bits per heavy atom. The van der Waals surface area contributed by atoms with Crippen molar-refractivity contribution in [2.45, 2.75) is 39.5 Å². The van der Waals surface area contributed by atoms with Gasteiger partial charge >= 0.3 is 0 Å². The molecule has 0 spiro atoms. The van der Waals surface area contributed by atoms with Gasteiger partial charge in [-0.15, -0.1) is 0 Å². The number of hydrogen-bond acceptors (Lipinski definition) is 2. The summed E-state index contributed by atoms with van der Waals surface area (Å²) >= 11 is 6.98. The van der Waals surface area contributed by atoms with Crippen LogP contribution in [0.4, 0.5) is 0 Å². The molecule has 2 heterocycles. The molecule has 0 atom stereocenters. The second kappa shape index (κ2) is 9.75. The molecule has 0 saturated heterocycles. The number of amides is 2. The second-order valence-corrected chi connectivity index (χ2v) is 9.91. The van der Waals surface area contributed by atoms with Crippen LogP contribution in [0.5, 0.6) is 0 Å². The van der Waals surface area contributed by atoms with Gasteiger partial charge in [0.05, 0.1) is 22.5 Å². The average molecular weight is 558 g/mol. The van der Waals surface area contributed by atoms with Gasteiger partial charge in [-0.3, -0.25) is 9.59 Å². The third-order valence-corrected chi connectivity index (χ3v) is 6.94. The van der Waals surface area contributed by atoms with Crippen LogP contribution in [-0.2, 0) is 9.59 Å². The van der Waals surface area contributed by atoms with E-state index in [2.05, 4.69) is 45.7 Å². The molecule has 0 N–H and O–H groups in total. The lowest BCUT2D eigenvalue weighted by Gasteiger charge is -2.25. The van der Waals surface area contributed by atoms with E-state index < -0.39 is 0 Å². The van der Waals surface area contributed by atoms with Crippen molar-refractivity contribution in [3.63, 3.8) is 0 Å². The SMILES string of the molecule is CCCCN1C(=O)C2=C(c3ccc(Br)cc3)N(CCCC)C(=O)C2=C1c1ccc(Br)cc1. The smallest absolute Gasteiger partial charge is 0.261 e. The van der Waals surface area contributed by atoms with Gasteiger partial charge < -0.3 is 9.80 Å². The van der Waals surface area contributed by atoms with Gasteiger partial charge in [0, 0.05) is 22.0 Å². The number of nitrogens with zero attached hydrogens (tertiary/aromatic N) is 2. The highest BCUT2D eigenvalue weighted by Crippen LogP contribution is 2.46. The molecule has 0 aliphatic carbocycles. The zero-order chi connectivity index (χ0) is 22.8. The normalized spacial score (nSPS) is 16.0. The first-order chi connectivity index (χ1) is 15.5. The highest BCUT2D eigenvalue weighted by Gasteiger charge is 2.48. The maximum atomic E-state index is 13.8. The molecule has 2 aromatic carbocycles. The van der Waals surface area contributed by atoms with Gasteiger partial charge in [0.15, 0.2) is 0 Å². The molecule has 0 saturated carbocycles. The Morgan fingerprint density at radius 1 is 0.625 bits per heavy atom. The van der Waals surface area contributed by atoms with Gasteiger partial charge in [-0.05, 0) is 48.2 Å². The highest BCUT2D eigenvalue weighted by molar-refractivity contribution is 9.10. The fourth-order valence-electron chi connectivity index (χ4n) is 4.27. The number of hydrogen-bond donors (Lipinski definition) is 0. The van der Waals surface area contributed by atoms with Crippen LogP contribution in [0.25, 0.3) is 11.4 Å². The van der Waals surface area contributed by atoms with Crippen LogP contribution in [0.3, 0.4) is 0 Å². The number of carbonyl (C=O) groups is 2. The van der Waals surface area contributed by atoms with Crippen LogP contribution >= 0.6 is 31.9 Å². The first kappa shape index (κ1) is 23.0. The Hall–Kier alpha value is -2.18. The van der Waals surface area contributed by atoms with Crippen molar-refractivity contribution in [2.75, 3.05) is 13.1 Å². The van der Waals surface area contributed by atoms with Crippen molar-refractivity contribution in [3.05, 3.63) is 79.7 Å². The molecule has 0 radical (unpaired) electrons. The summed E-state index contributed by atoms with van der Waals surface area (Å²) in [5.74, 6) is -0.145. The topological polar surface area (TPSA) is 40.6 Å². The second-order valence-electron chi connectivity index (χ2n) is 8.08. The van der Waals surface area contributed by atoms with Gasteiger partial charge in [-0.25, -0.2) is 0 Å². The van der Waals surface area contributed by atoms with Gasteiger partial charge in [0.1, 0.15) is 0 Å². The minimum Gasteiger partial charge on any atom is -0.307 e. The van der Waals surface area contributed by atoms with Crippen molar-refractivity contribution in [1.29, 1.82) is 0 Å². The molecule has 32 heavy (non-hydrogen) atoms. The lowest BCUT2D eigenvalue weighted by Crippen LogP contribution is -2.31. The van der Waals surface area contributed by atoms with E-state index in [-0.39, 0.29) is 11.8 Å². The Bertz CT molecular complexity index is 1010. The Morgan fingerprint density at radius 2 is 0.969 bits per heavy atom. The summed E-state index contributed by atoms with van der Waals surface area (Å²) in [4.78, 5) is 31.2. The first-order valence-electron chi connectivity index (χ1n) is 11.1. The zero-order valence-electron chi connectivity index (χ0n) is 18.3. The van der Waals surface area contributed by atoms with Crippen LogP contribution in [0.1, 0.15) is 50.7 Å². The lowest BCUT2D eigenvalue weighted by atomic mass is 10.0. The van der Waals surface area contributed by atoms with E-state index in [1.165, 1.54) is 0 Å². The van der Waals surface area contributed by atoms with Gasteiger partial charge in [-0.2, -0.15) is 0 Å². The molecule has 0 aromatic heterocycles. The lowest BCUT2D eigenvalue weighted by molar-refractivity contribution is -0.124. The van der Waals surface area contributed by atoms with Crippen molar-refractivity contribution in [3.8, 4) is 0 Å². The zero-order valence-corrected chi connectivity index (χ0v) is 21.5. The monoisotopic (exact) mass is 556 g/mol. The summed E-state index contributed by atoms with van der Waals surface area (Å²) < 4.78 is 1.93. The molecule has 2 aromatic rings. The predicted molar refractivity (Wildman–Crippen MR) is 135 cm³/mol. The van der Waals surface area contributed by atoms with Gasteiger partial charge in [-0.1, -0.05) is 82.8 Å². The van der Waals surface area contributed by atoms with E-state index in [0.717, 1.165) is 57.1 Å². The largest absolute Gasteiger partial charge is 0.307 e. The average Bonchev–Trinajstić information content (AvgIpc) is 3.23. The minimum atomic E-state index is -0.0726. The molecule has 2 aliphatic heterocycles. The van der Waals surface area contributed by atoms with Crippen LogP contribution in [0.2, 0.25) is 0 Å². The van der Waals surface area contributed by atoms with Crippen LogP contribution < -0.4 is 0 Å². The molecule has 166 valence electrons. The quantitative estimate of drug-likeness (QED) is 0.366. The fourth-order valence-corrected chi connectivity index (χ4v) is 4.80. The third-order valence-electron chi connectivity index (χ3n) is 5.89. The van der Waals surface area contributed by atoms with E-state index in [0.29, 0.717) is 24.2 Å². The summed E-state index contributed by atoms with van der Waals surface area (Å²) in [6, 6.07) is 15.7. The number of benzene rings is 2. The molecule has 2 amide bonds. The summed E-state index contributed by atoms with van der Waals surface area (Å²) in [5, 5.41) is 0. The standard InChI is InChI=1S/C26H26Br2N2O2/c1-3-5-15-29-23(17-7-11-19(27)12-8-17)21-22(25(29)31)24(18-9-13-20(28)14-10-18)30(26(21)32)16-6-4-2/h7-14H,3-6,15-16H2,1-2H3. The maximum Gasteiger partial charge on any atom is 0.261 e. The molecule has 4 rings (SSSR count). The summed E-state index contributed by atoms with van der Waals surface area (Å²) in [7, 11) is 0. The third kappa shape index (κ3) is 4.11. The number of halogens is 2. The minimum absolute atomic E-state index is 0.0726. The first-order valence-corrected chi connectivity index (χ1v) is 12.7. The summed E-state index contributed by atoms with van der Waals surface area (Å²) in [5.41, 5.74) is 4.35. The Balaban J connectivity index is 1.95. The summed E-state index contributed by atoms with van der Waals surface area (Å²) in [6.45, 7) is 5.42. The summed E-state index contributed by atoms with van der Waals surface area (Å²) in [6.07, 6.45) is 3.71. The van der Waals surface area contributed by atoms with Crippen LogP contribution in [0.15, 0.2) is 68.6 Å². The molecular formula is C26H26Br2N2O2. The van der Waals surface area contributed by atoms with E-state index in [4.69, 9.17) is 0 Å². The van der Waals surface area contributed by atoms with Gasteiger partial charge in [0.2, 0.25) is 0 Å². The van der Waals surface area contributed by atoms with E-state index in [1.54, 1.807) is 0 Å². The Labute approximate surface area is 206 Å². The molecule has 0 fully saturated rings. The van der Waals surface area contributed by atoms with E-state index in [9.17, 15) is 9.59 Å². The molecular weight excluding hydrogens is 532 g/mol. The molecule has 6 heteroatoms. The number of rotatable bonds is 8. The van der Waals surface area contributed by atoms with E-state index in [1.807, 2.05) is 58.3 Å². The molecule has 4 nitrogen and oxygen atoms in total. The van der Waals surface area contributed by atoms with Crippen molar-refractivity contribution in [2.24, 2.45) is 0 Å². The molecule has 0 bridgehead atoms. The van der Waals surface area contributed by atoms with Gasteiger partial charge in [0.25, 0.3) is 11.8 Å². The molecule has 2 aliphatic rings. The maximum absolute atomic E-state index is 13.8. The van der Waals surface area contributed by atoms with Crippen LogP contribution in [0, 0.1) is 0 Å². The molecule has 0 unspecified atom stereocenters. The predicted octanol–water partition coefficient (Wildman–Crippen LogP) is 6.62. The number of carbonyl (C=O) groups excluding carboxylic acids is 2. The van der Waals surface area contributed by atoms with Crippen LogP contribution in [-0.4, -0.2) is 34.7 Å². The van der Waals surface area contributed by atoms with Crippen molar-refractivity contribution in [1.82, 2.24) is 9.80 Å². The number of fused-ring (bicyclic) bond motifs is 1. The van der Waals surface area contributed by atoms with Crippen molar-refractivity contribution < 1.29 is 9.59 Å². The fraction of sp³-hybridized carbons (Fsp3) is 0.308. The van der Waals surface area contributed by atoms with Crippen molar-refractivity contribution >= 4 is 55.1 Å². The number of unbranched alkanes of at least 4 members (excludes halogenated alkanes) is 2. The Kier molecular flexibility index (Phi) is 7.01.